The van der Waals surface area contributed by atoms with E-state index in [2.05, 4.69) is 22.6 Å². The number of anilines is 1. The molecule has 5 rings (SSSR count). The summed E-state index contributed by atoms with van der Waals surface area (Å²) in [5, 5.41) is 23.6. The average Bonchev–Trinajstić information content (AvgIpc) is 3.76. The van der Waals surface area contributed by atoms with Crippen molar-refractivity contribution in [3.63, 3.8) is 0 Å². The fraction of sp³-hybridized carbons (Fsp3) is 0.738. The lowest BCUT2D eigenvalue weighted by atomic mass is 9.83. The Bertz CT molecular complexity index is 1710. The highest BCUT2D eigenvalue weighted by Crippen LogP contribution is 2.39. The Labute approximate surface area is 343 Å². The molecule has 0 aliphatic carbocycles. The van der Waals surface area contributed by atoms with Crippen molar-refractivity contribution in [3.8, 4) is 11.3 Å². The van der Waals surface area contributed by atoms with E-state index < -0.39 is 65.6 Å². The summed E-state index contributed by atoms with van der Waals surface area (Å²) < 4.78 is 33.0. The van der Waals surface area contributed by atoms with Crippen molar-refractivity contribution in [2.45, 2.75) is 154 Å². The molecule has 1 aromatic carbocycles. The van der Waals surface area contributed by atoms with Crippen molar-refractivity contribution in [1.82, 2.24) is 30.1 Å². The third-order valence-electron chi connectivity index (χ3n) is 12.5. The molecule has 4 heterocycles. The first-order chi connectivity index (χ1) is 27.4. The van der Waals surface area contributed by atoms with Gasteiger partial charge >= 0.3 is 12.1 Å². The predicted molar refractivity (Wildman–Crippen MR) is 217 cm³/mol. The van der Waals surface area contributed by atoms with Crippen LogP contribution in [0.3, 0.4) is 0 Å². The molecule has 3 aliphatic heterocycles. The van der Waals surface area contributed by atoms with Crippen LogP contribution in [0.5, 0.6) is 0 Å². The summed E-state index contributed by atoms with van der Waals surface area (Å²) in [5.74, 6) is -2.27. The molecule has 58 heavy (non-hydrogen) atoms. The highest BCUT2D eigenvalue weighted by molar-refractivity contribution is 5.99. The summed E-state index contributed by atoms with van der Waals surface area (Å²) in [5.41, 5.74) is 5.98. The SMILES string of the molecule is CC[C@H]1OC(=O)[C@H](C)C(=O)C[C@@H](O[C@@H]2OC(C)CC(N(C)C)C2O)[C@@](C)(OC)C[C@@H](C)CN[C@H](C)[C@H]2N(CCCCn3cc(-c4cccc(N)c4)nn3)C(=O)O[C@]12C. The number of nitrogens with one attached hydrogen (secondary N) is 1. The van der Waals surface area contributed by atoms with E-state index >= 15 is 0 Å². The fourth-order valence-corrected chi connectivity index (χ4v) is 8.95. The summed E-state index contributed by atoms with van der Waals surface area (Å²) in [4.78, 5) is 45.4. The molecule has 324 valence electrons. The number of carbonyl (C=O) groups excluding carboxylic acids is 3. The second-order valence-corrected chi connectivity index (χ2v) is 17.3. The Morgan fingerprint density at radius 2 is 1.83 bits per heavy atom. The molecule has 1 aromatic heterocycles. The topological polar surface area (TPSA) is 193 Å². The van der Waals surface area contributed by atoms with Crippen LogP contribution < -0.4 is 11.1 Å². The number of aliphatic hydroxyl groups is 1. The lowest BCUT2D eigenvalue weighted by Crippen LogP contribution is -2.61. The number of amides is 1. The number of methoxy groups -OCH3 is 1. The van der Waals surface area contributed by atoms with Gasteiger partial charge in [-0.2, -0.15) is 0 Å². The summed E-state index contributed by atoms with van der Waals surface area (Å²) in [6.07, 6.45) is 0.116. The fourth-order valence-electron chi connectivity index (χ4n) is 8.95. The van der Waals surface area contributed by atoms with Crippen molar-refractivity contribution in [2.24, 2.45) is 11.8 Å². The molecule has 0 bridgehead atoms. The molecule has 4 N–H and O–H groups in total. The number of esters is 1. The molecule has 0 radical (unpaired) electrons. The molecule has 3 saturated heterocycles. The normalized spacial score (nSPS) is 35.6. The number of carbonyl (C=O) groups is 3. The van der Waals surface area contributed by atoms with Crippen LogP contribution in [0.1, 0.15) is 87.0 Å². The monoisotopic (exact) mass is 814 g/mol. The van der Waals surface area contributed by atoms with Crippen LogP contribution in [-0.2, 0) is 39.8 Å². The van der Waals surface area contributed by atoms with Crippen molar-refractivity contribution in [2.75, 3.05) is 40.0 Å². The molecule has 3 aliphatic rings. The van der Waals surface area contributed by atoms with E-state index in [0.717, 1.165) is 11.3 Å². The lowest BCUT2D eigenvalue weighted by molar-refractivity contribution is -0.289. The Kier molecular flexibility index (Phi) is 15.0. The molecule has 12 atom stereocenters. The minimum absolute atomic E-state index is 0.000667. The quantitative estimate of drug-likeness (QED) is 0.127. The molecule has 16 heteroatoms. The van der Waals surface area contributed by atoms with E-state index in [-0.39, 0.29) is 30.5 Å². The molecule has 16 nitrogen and oxygen atoms in total. The number of cyclic esters (lactones) is 1. The predicted octanol–water partition coefficient (Wildman–Crippen LogP) is 4.04. The maximum atomic E-state index is 14.0. The highest BCUT2D eigenvalue weighted by atomic mass is 16.7. The second-order valence-electron chi connectivity index (χ2n) is 17.3. The number of rotatable bonds is 11. The number of likely N-dealkylation sites (N-methyl/N-ethyl adjacent to an activating group) is 1. The van der Waals surface area contributed by atoms with E-state index in [1.54, 1.807) is 16.7 Å². The number of nitrogens with two attached hydrogens (primary N) is 1. The van der Waals surface area contributed by atoms with Gasteiger partial charge in [0.05, 0.1) is 30.0 Å². The number of fused-ring (bicyclic) bond motifs is 1. The Morgan fingerprint density at radius 1 is 1.10 bits per heavy atom. The standard InChI is InChI=1S/C42H67N7O9/c1-11-34-42(7)37(49(40(53)58-42)18-13-12-17-48-24-31(45-46-48)29-15-14-16-30(43)20-29)28(5)44-23-25(2)22-41(6,54-10)35(21-33(50)27(4)38(52)56-34)57-39-36(51)32(47(8)9)19-26(3)55-39/h14-16,20,24-28,32,34-37,39,44,51H,11-13,17-19,21-23,43H2,1-10H3/t25-,26?,27-,28-,32?,34-,35-,36?,37-,39+,41+,42-/m1/s1. The average molecular weight is 814 g/mol. The van der Waals surface area contributed by atoms with Crippen LogP contribution in [0.25, 0.3) is 11.3 Å². The molecule has 3 unspecified atom stereocenters. The molecular weight excluding hydrogens is 747 g/mol. The van der Waals surface area contributed by atoms with Gasteiger partial charge in [0.25, 0.3) is 0 Å². The molecule has 1 amide bonds. The van der Waals surface area contributed by atoms with Crippen molar-refractivity contribution >= 4 is 23.5 Å². The van der Waals surface area contributed by atoms with E-state index in [1.165, 1.54) is 6.92 Å². The smallest absolute Gasteiger partial charge is 0.410 e. The van der Waals surface area contributed by atoms with Crippen LogP contribution in [0.2, 0.25) is 0 Å². The lowest BCUT2D eigenvalue weighted by Gasteiger charge is -2.45. The molecule has 0 spiro atoms. The van der Waals surface area contributed by atoms with Crippen molar-refractivity contribution in [1.29, 1.82) is 0 Å². The van der Waals surface area contributed by atoms with Gasteiger partial charge in [0.15, 0.2) is 11.9 Å². The number of nitrogens with zero attached hydrogens (tertiary/aromatic N) is 5. The summed E-state index contributed by atoms with van der Waals surface area (Å²) in [6.45, 7) is 14.7. The number of aryl methyl sites for hydroxylation is 1. The number of benzene rings is 1. The molecular formula is C42H67N7O9. The second kappa shape index (κ2) is 19.1. The zero-order valence-corrected chi connectivity index (χ0v) is 36.1. The van der Waals surface area contributed by atoms with Crippen LogP contribution in [0, 0.1) is 11.8 Å². The zero-order valence-electron chi connectivity index (χ0n) is 36.1. The van der Waals surface area contributed by atoms with Gasteiger partial charge in [0.2, 0.25) is 0 Å². The van der Waals surface area contributed by atoms with Gasteiger partial charge in [-0.1, -0.05) is 31.2 Å². The highest BCUT2D eigenvalue weighted by Gasteiger charge is 2.58. The van der Waals surface area contributed by atoms with Crippen molar-refractivity contribution in [3.05, 3.63) is 30.5 Å². The maximum absolute atomic E-state index is 14.0. The van der Waals surface area contributed by atoms with Crippen LogP contribution in [-0.4, -0.2) is 142 Å². The minimum Gasteiger partial charge on any atom is -0.458 e. The maximum Gasteiger partial charge on any atom is 0.410 e. The Balaban J connectivity index is 1.35. The van der Waals surface area contributed by atoms with Crippen molar-refractivity contribution < 1.29 is 43.2 Å². The Hall–Kier alpha value is -3.67. The van der Waals surface area contributed by atoms with Crippen LogP contribution in [0.15, 0.2) is 30.5 Å². The third-order valence-corrected chi connectivity index (χ3v) is 12.5. The van der Waals surface area contributed by atoms with E-state index in [9.17, 15) is 19.5 Å². The summed E-state index contributed by atoms with van der Waals surface area (Å²) in [6, 6.07) is 6.47. The molecule has 3 fully saturated rings. The van der Waals surface area contributed by atoms with Gasteiger partial charge in [-0.15, -0.1) is 5.10 Å². The van der Waals surface area contributed by atoms with Gasteiger partial charge in [0.1, 0.15) is 29.6 Å². The minimum atomic E-state index is -1.22. The number of aromatic nitrogens is 3. The summed E-state index contributed by atoms with van der Waals surface area (Å²) in [7, 11) is 5.38. The first-order valence-electron chi connectivity index (χ1n) is 20.8. The van der Waals surface area contributed by atoms with Gasteiger partial charge in [0, 0.05) is 50.0 Å². The number of ether oxygens (including phenoxy) is 5. The number of hydrogen-bond donors (Lipinski definition) is 3. The zero-order chi connectivity index (χ0) is 42.5. The first kappa shape index (κ1) is 45.4. The van der Waals surface area contributed by atoms with E-state index in [0.29, 0.717) is 57.4 Å². The number of aliphatic hydroxyl groups excluding tert-OH is 1. The number of nitrogen functional groups attached to an aromatic ring is 1. The number of ketones is 1. The number of unbranched alkanes of at least 4 members (excludes halogenated alkanes) is 1. The summed E-state index contributed by atoms with van der Waals surface area (Å²) >= 11 is 0. The largest absolute Gasteiger partial charge is 0.458 e. The number of Topliss-reactive ketones (excluding diaryl/α,β-unsaturated/α-hetero) is 1. The van der Waals surface area contributed by atoms with E-state index in [4.69, 9.17) is 29.4 Å². The Morgan fingerprint density at radius 3 is 2.50 bits per heavy atom. The van der Waals surface area contributed by atoms with Crippen LogP contribution >= 0.6 is 0 Å². The van der Waals surface area contributed by atoms with Gasteiger partial charge in [-0.05, 0) is 105 Å². The first-order valence-corrected chi connectivity index (χ1v) is 20.8. The molecule has 0 saturated carbocycles. The van der Waals surface area contributed by atoms with Gasteiger partial charge < -0.3 is 44.7 Å². The van der Waals surface area contributed by atoms with Gasteiger partial charge in [-0.3, -0.25) is 19.2 Å². The van der Waals surface area contributed by atoms with Gasteiger partial charge in [-0.25, -0.2) is 4.79 Å². The third kappa shape index (κ3) is 10.2. The molecule has 2 aromatic rings. The van der Waals surface area contributed by atoms with E-state index in [1.807, 2.05) is 84.1 Å². The number of hydrogen-bond acceptors (Lipinski definition) is 14. The van der Waals surface area contributed by atoms with Crippen LogP contribution in [0.4, 0.5) is 10.5 Å².